The monoisotopic (exact) mass is 259 g/mol. The summed E-state index contributed by atoms with van der Waals surface area (Å²) in [7, 11) is 1.61. The van der Waals surface area contributed by atoms with Gasteiger partial charge >= 0.3 is 0 Å². The fraction of sp³-hybridized carbons (Fsp3) is 0.286. The fourth-order valence-corrected chi connectivity index (χ4v) is 1.71. The molecule has 1 atom stereocenters. The number of hydrogen-bond donors (Lipinski definition) is 1. The van der Waals surface area contributed by atoms with Crippen molar-refractivity contribution in [2.45, 2.75) is 19.6 Å². The number of nitrogens with zero attached hydrogens (tertiary/aromatic N) is 2. The molecule has 5 heteroatoms. The maximum absolute atomic E-state index is 5.88. The predicted octanol–water partition coefficient (Wildman–Crippen LogP) is 2.08. The lowest BCUT2D eigenvalue weighted by molar-refractivity contribution is 0.211. The van der Waals surface area contributed by atoms with E-state index in [1.54, 1.807) is 25.7 Å². The van der Waals surface area contributed by atoms with Crippen molar-refractivity contribution in [3.63, 3.8) is 0 Å². The minimum Gasteiger partial charge on any atom is -0.493 e. The van der Waals surface area contributed by atoms with Crippen LogP contribution < -0.4 is 15.2 Å². The predicted molar refractivity (Wildman–Crippen MR) is 72.0 cm³/mol. The average Bonchev–Trinajstić information content (AvgIpc) is 2.48. The van der Waals surface area contributed by atoms with Crippen LogP contribution in [0.5, 0.6) is 11.5 Å². The Balaban J connectivity index is 2.22. The zero-order valence-corrected chi connectivity index (χ0v) is 11.0. The van der Waals surface area contributed by atoms with Gasteiger partial charge in [0, 0.05) is 18.9 Å². The second-order valence-electron chi connectivity index (χ2n) is 4.08. The summed E-state index contributed by atoms with van der Waals surface area (Å²) in [6.07, 6.45) is 4.74. The third-order valence-electron chi connectivity index (χ3n) is 2.77. The van der Waals surface area contributed by atoms with Crippen molar-refractivity contribution in [2.75, 3.05) is 7.11 Å². The first-order valence-corrected chi connectivity index (χ1v) is 6.04. The third kappa shape index (κ3) is 3.20. The highest BCUT2D eigenvalue weighted by atomic mass is 16.5. The zero-order chi connectivity index (χ0) is 13.7. The molecule has 1 unspecified atom stereocenters. The summed E-state index contributed by atoms with van der Waals surface area (Å²) in [6.45, 7) is 2.37. The topological polar surface area (TPSA) is 70.3 Å². The van der Waals surface area contributed by atoms with E-state index >= 15 is 0 Å². The molecule has 1 heterocycles. The molecular formula is C14H17N3O2. The second kappa shape index (κ2) is 6.15. The van der Waals surface area contributed by atoms with Crippen LogP contribution >= 0.6 is 0 Å². The van der Waals surface area contributed by atoms with Crippen molar-refractivity contribution in [1.82, 2.24) is 9.97 Å². The Labute approximate surface area is 112 Å². The van der Waals surface area contributed by atoms with E-state index in [0.717, 1.165) is 11.3 Å². The van der Waals surface area contributed by atoms with E-state index in [-0.39, 0.29) is 6.10 Å². The molecule has 0 bridgehead atoms. The Bertz CT molecular complexity index is 531. The Hall–Kier alpha value is -2.14. The lowest BCUT2D eigenvalue weighted by Crippen LogP contribution is -2.07. The van der Waals surface area contributed by atoms with Gasteiger partial charge in [0.1, 0.15) is 6.10 Å². The van der Waals surface area contributed by atoms with E-state index in [1.165, 1.54) is 0 Å². The molecule has 0 spiro atoms. The molecule has 0 radical (unpaired) electrons. The quantitative estimate of drug-likeness (QED) is 0.890. The van der Waals surface area contributed by atoms with Crippen molar-refractivity contribution in [3.8, 4) is 11.5 Å². The highest BCUT2D eigenvalue weighted by Crippen LogP contribution is 2.31. The van der Waals surface area contributed by atoms with Crippen molar-refractivity contribution in [1.29, 1.82) is 0 Å². The number of methoxy groups -OCH3 is 1. The highest BCUT2D eigenvalue weighted by molar-refractivity contribution is 5.43. The van der Waals surface area contributed by atoms with Crippen molar-refractivity contribution < 1.29 is 9.47 Å². The smallest absolute Gasteiger partial charge is 0.162 e. The Morgan fingerprint density at radius 3 is 2.74 bits per heavy atom. The van der Waals surface area contributed by atoms with Gasteiger partial charge in [-0.15, -0.1) is 0 Å². The van der Waals surface area contributed by atoms with E-state index in [4.69, 9.17) is 15.2 Å². The van der Waals surface area contributed by atoms with Gasteiger partial charge in [0.2, 0.25) is 0 Å². The maximum atomic E-state index is 5.88. The van der Waals surface area contributed by atoms with Crippen LogP contribution in [0.25, 0.3) is 0 Å². The molecule has 100 valence electrons. The molecule has 0 fully saturated rings. The molecule has 1 aromatic heterocycles. The molecule has 2 aromatic rings. The van der Waals surface area contributed by atoms with Crippen LogP contribution in [0.2, 0.25) is 0 Å². The van der Waals surface area contributed by atoms with Gasteiger partial charge in [0.25, 0.3) is 0 Å². The third-order valence-corrected chi connectivity index (χ3v) is 2.77. The molecule has 0 saturated carbocycles. The first-order valence-electron chi connectivity index (χ1n) is 6.04. The largest absolute Gasteiger partial charge is 0.493 e. The fourth-order valence-electron chi connectivity index (χ4n) is 1.71. The standard InChI is InChI=1S/C14H17N3O2/c1-10(12-9-16-5-6-17-12)19-14-7-11(8-15)3-4-13(14)18-2/h3-7,9-10H,8,15H2,1-2H3. The van der Waals surface area contributed by atoms with Gasteiger partial charge < -0.3 is 15.2 Å². The minimum atomic E-state index is -0.212. The van der Waals surface area contributed by atoms with Crippen LogP contribution in [0.15, 0.2) is 36.8 Å². The van der Waals surface area contributed by atoms with E-state index in [0.29, 0.717) is 18.0 Å². The Morgan fingerprint density at radius 1 is 1.26 bits per heavy atom. The van der Waals surface area contributed by atoms with Gasteiger partial charge in [-0.1, -0.05) is 6.07 Å². The molecule has 0 amide bonds. The first kappa shape index (κ1) is 13.3. The molecule has 0 aliphatic carbocycles. The van der Waals surface area contributed by atoms with Gasteiger partial charge in [-0.2, -0.15) is 0 Å². The lowest BCUT2D eigenvalue weighted by Gasteiger charge is -2.16. The van der Waals surface area contributed by atoms with Gasteiger partial charge in [-0.25, -0.2) is 0 Å². The summed E-state index contributed by atoms with van der Waals surface area (Å²) in [4.78, 5) is 8.25. The van der Waals surface area contributed by atoms with Gasteiger partial charge in [0.05, 0.1) is 19.0 Å². The highest BCUT2D eigenvalue weighted by Gasteiger charge is 2.12. The van der Waals surface area contributed by atoms with Gasteiger partial charge in [-0.3, -0.25) is 9.97 Å². The summed E-state index contributed by atoms with van der Waals surface area (Å²) in [5.41, 5.74) is 7.39. The van der Waals surface area contributed by atoms with Crippen LogP contribution in [-0.4, -0.2) is 17.1 Å². The number of hydrogen-bond acceptors (Lipinski definition) is 5. The number of nitrogens with two attached hydrogens (primary N) is 1. The summed E-state index contributed by atoms with van der Waals surface area (Å²) in [5.74, 6) is 1.33. The Morgan fingerprint density at radius 2 is 2.11 bits per heavy atom. The molecule has 1 aromatic carbocycles. The first-order chi connectivity index (χ1) is 9.24. The maximum Gasteiger partial charge on any atom is 0.162 e. The van der Waals surface area contributed by atoms with Gasteiger partial charge in [-0.05, 0) is 24.6 Å². The molecular weight excluding hydrogens is 242 g/mol. The lowest BCUT2D eigenvalue weighted by atomic mass is 10.2. The minimum absolute atomic E-state index is 0.212. The van der Waals surface area contributed by atoms with E-state index in [2.05, 4.69) is 9.97 Å². The second-order valence-corrected chi connectivity index (χ2v) is 4.08. The molecule has 0 aliphatic heterocycles. The number of ether oxygens (including phenoxy) is 2. The average molecular weight is 259 g/mol. The van der Waals surface area contributed by atoms with E-state index in [1.807, 2.05) is 25.1 Å². The van der Waals surface area contributed by atoms with Crippen molar-refractivity contribution in [3.05, 3.63) is 48.0 Å². The molecule has 0 aliphatic rings. The normalized spacial score (nSPS) is 11.9. The number of aromatic nitrogens is 2. The SMILES string of the molecule is COc1ccc(CN)cc1OC(C)c1cnccn1. The Kier molecular flexibility index (Phi) is 4.30. The summed E-state index contributed by atoms with van der Waals surface area (Å²) in [6, 6.07) is 5.64. The number of rotatable bonds is 5. The molecule has 19 heavy (non-hydrogen) atoms. The van der Waals surface area contributed by atoms with Crippen LogP contribution in [0.3, 0.4) is 0 Å². The van der Waals surface area contributed by atoms with Crippen LogP contribution in [-0.2, 0) is 6.54 Å². The van der Waals surface area contributed by atoms with Crippen molar-refractivity contribution in [2.24, 2.45) is 5.73 Å². The molecule has 2 rings (SSSR count). The van der Waals surface area contributed by atoms with Crippen LogP contribution in [0.4, 0.5) is 0 Å². The van der Waals surface area contributed by atoms with Crippen molar-refractivity contribution >= 4 is 0 Å². The van der Waals surface area contributed by atoms with Gasteiger partial charge in [0.15, 0.2) is 11.5 Å². The summed E-state index contributed by atoms with van der Waals surface area (Å²) < 4.78 is 11.2. The van der Waals surface area contributed by atoms with Crippen LogP contribution in [0.1, 0.15) is 24.3 Å². The van der Waals surface area contributed by atoms with E-state index in [9.17, 15) is 0 Å². The molecule has 2 N–H and O–H groups in total. The van der Waals surface area contributed by atoms with Crippen LogP contribution in [0, 0.1) is 0 Å². The molecule has 5 nitrogen and oxygen atoms in total. The zero-order valence-electron chi connectivity index (χ0n) is 11.0. The summed E-state index contributed by atoms with van der Waals surface area (Å²) >= 11 is 0. The molecule has 0 saturated heterocycles. The summed E-state index contributed by atoms with van der Waals surface area (Å²) in [5, 5.41) is 0. The van der Waals surface area contributed by atoms with E-state index < -0.39 is 0 Å². The number of benzene rings is 1.